The lowest BCUT2D eigenvalue weighted by molar-refractivity contribution is 0.309. The standard InChI is InChI=1S/C15H17N5O/c1-11-9-12(10-16)3-4-13(11)14-17-15(18-21-14)20-7-5-19(2)6-8-20/h3-4,9H,5-8H2,1-2H3. The maximum Gasteiger partial charge on any atom is 0.266 e. The van der Waals surface area contributed by atoms with Gasteiger partial charge in [0.1, 0.15) is 0 Å². The van der Waals surface area contributed by atoms with E-state index in [1.807, 2.05) is 19.1 Å². The van der Waals surface area contributed by atoms with Crippen molar-refractivity contribution in [2.45, 2.75) is 6.92 Å². The summed E-state index contributed by atoms with van der Waals surface area (Å²) in [6.45, 7) is 5.75. The van der Waals surface area contributed by atoms with Crippen molar-refractivity contribution in [1.29, 1.82) is 5.26 Å². The van der Waals surface area contributed by atoms with Crippen LogP contribution in [0.4, 0.5) is 5.95 Å². The van der Waals surface area contributed by atoms with E-state index in [1.54, 1.807) is 6.07 Å². The van der Waals surface area contributed by atoms with E-state index in [0.29, 0.717) is 17.4 Å². The molecule has 0 aliphatic carbocycles. The molecule has 1 aromatic carbocycles. The summed E-state index contributed by atoms with van der Waals surface area (Å²) in [5.74, 6) is 1.15. The molecule has 0 unspecified atom stereocenters. The topological polar surface area (TPSA) is 69.2 Å². The van der Waals surface area contributed by atoms with Crippen LogP contribution in [0.1, 0.15) is 11.1 Å². The molecular weight excluding hydrogens is 266 g/mol. The van der Waals surface area contributed by atoms with Gasteiger partial charge < -0.3 is 14.3 Å². The fraction of sp³-hybridized carbons (Fsp3) is 0.400. The number of aromatic nitrogens is 2. The quantitative estimate of drug-likeness (QED) is 0.835. The van der Waals surface area contributed by atoms with E-state index >= 15 is 0 Å². The Morgan fingerprint density at radius 1 is 1.24 bits per heavy atom. The summed E-state index contributed by atoms with van der Waals surface area (Å²) in [7, 11) is 2.11. The third kappa shape index (κ3) is 2.73. The molecule has 0 bridgehead atoms. The van der Waals surface area contributed by atoms with E-state index < -0.39 is 0 Å². The summed E-state index contributed by atoms with van der Waals surface area (Å²) >= 11 is 0. The fourth-order valence-electron chi connectivity index (χ4n) is 2.43. The van der Waals surface area contributed by atoms with Crippen molar-refractivity contribution in [2.75, 3.05) is 38.1 Å². The highest BCUT2D eigenvalue weighted by Crippen LogP contribution is 2.24. The molecule has 6 nitrogen and oxygen atoms in total. The average Bonchev–Trinajstić information content (AvgIpc) is 2.97. The Kier molecular flexibility index (Phi) is 3.59. The molecule has 21 heavy (non-hydrogen) atoms. The van der Waals surface area contributed by atoms with E-state index in [1.165, 1.54) is 0 Å². The van der Waals surface area contributed by atoms with Crippen molar-refractivity contribution in [3.8, 4) is 17.5 Å². The average molecular weight is 283 g/mol. The molecule has 3 rings (SSSR count). The summed E-state index contributed by atoms with van der Waals surface area (Å²) in [4.78, 5) is 8.90. The van der Waals surface area contributed by atoms with Crippen LogP contribution >= 0.6 is 0 Å². The van der Waals surface area contributed by atoms with Crippen molar-refractivity contribution >= 4 is 5.95 Å². The second kappa shape index (κ2) is 5.54. The van der Waals surface area contributed by atoms with Crippen molar-refractivity contribution in [2.24, 2.45) is 0 Å². The largest absolute Gasteiger partial charge is 0.336 e. The van der Waals surface area contributed by atoms with E-state index in [2.05, 4.69) is 33.1 Å². The predicted octanol–water partition coefficient (Wildman–Crippen LogP) is 1.67. The van der Waals surface area contributed by atoms with Gasteiger partial charge in [0.05, 0.1) is 11.6 Å². The first-order valence-corrected chi connectivity index (χ1v) is 6.95. The molecule has 1 aliphatic rings. The fourth-order valence-corrected chi connectivity index (χ4v) is 2.43. The third-order valence-corrected chi connectivity index (χ3v) is 3.79. The number of anilines is 1. The van der Waals surface area contributed by atoms with Gasteiger partial charge in [0.2, 0.25) is 0 Å². The van der Waals surface area contributed by atoms with Crippen LogP contribution in [0.15, 0.2) is 22.7 Å². The Bertz CT molecular complexity index is 680. The van der Waals surface area contributed by atoms with Crippen molar-refractivity contribution in [3.05, 3.63) is 29.3 Å². The van der Waals surface area contributed by atoms with Gasteiger partial charge in [-0.2, -0.15) is 10.2 Å². The Morgan fingerprint density at radius 3 is 2.67 bits per heavy atom. The number of hydrogen-bond donors (Lipinski definition) is 0. The first-order valence-electron chi connectivity index (χ1n) is 6.95. The maximum absolute atomic E-state index is 8.91. The molecule has 0 radical (unpaired) electrons. The summed E-state index contributed by atoms with van der Waals surface area (Å²) in [6.07, 6.45) is 0. The number of likely N-dealkylation sites (N-methyl/N-ethyl adjacent to an activating group) is 1. The zero-order valence-corrected chi connectivity index (χ0v) is 12.2. The van der Waals surface area contributed by atoms with Gasteiger partial charge in [-0.15, -0.1) is 0 Å². The van der Waals surface area contributed by atoms with Crippen LogP contribution in [-0.4, -0.2) is 48.3 Å². The number of nitriles is 1. The SMILES string of the molecule is Cc1cc(C#N)ccc1-c1nc(N2CCN(C)CC2)no1. The molecule has 6 heteroatoms. The molecule has 1 aliphatic heterocycles. The van der Waals surface area contributed by atoms with Crippen LogP contribution < -0.4 is 4.90 Å². The van der Waals surface area contributed by atoms with Gasteiger partial charge in [-0.25, -0.2) is 0 Å². The minimum Gasteiger partial charge on any atom is -0.336 e. The van der Waals surface area contributed by atoms with Gasteiger partial charge >= 0.3 is 0 Å². The van der Waals surface area contributed by atoms with Crippen LogP contribution in [0.25, 0.3) is 11.5 Å². The van der Waals surface area contributed by atoms with Gasteiger partial charge in [-0.05, 0) is 42.9 Å². The molecule has 0 N–H and O–H groups in total. The van der Waals surface area contributed by atoms with Crippen LogP contribution in [0.2, 0.25) is 0 Å². The summed E-state index contributed by atoms with van der Waals surface area (Å²) < 4.78 is 5.39. The highest BCUT2D eigenvalue weighted by atomic mass is 16.5. The molecule has 2 heterocycles. The van der Waals surface area contributed by atoms with Crippen LogP contribution in [0.5, 0.6) is 0 Å². The second-order valence-corrected chi connectivity index (χ2v) is 5.33. The van der Waals surface area contributed by atoms with Gasteiger partial charge in [0, 0.05) is 31.7 Å². The van der Waals surface area contributed by atoms with Crippen molar-refractivity contribution in [3.63, 3.8) is 0 Å². The van der Waals surface area contributed by atoms with Crippen LogP contribution in [-0.2, 0) is 0 Å². The predicted molar refractivity (Wildman–Crippen MR) is 78.9 cm³/mol. The number of rotatable bonds is 2. The number of aryl methyl sites for hydroxylation is 1. The molecule has 0 spiro atoms. The van der Waals surface area contributed by atoms with E-state index in [4.69, 9.17) is 9.78 Å². The lowest BCUT2D eigenvalue weighted by Gasteiger charge is -2.31. The Labute approximate surface area is 123 Å². The van der Waals surface area contributed by atoms with E-state index in [-0.39, 0.29) is 0 Å². The summed E-state index contributed by atoms with van der Waals surface area (Å²) in [5.41, 5.74) is 2.47. The lowest BCUT2D eigenvalue weighted by atomic mass is 10.1. The molecule has 1 fully saturated rings. The molecule has 1 aromatic heterocycles. The normalized spacial score (nSPS) is 16.0. The highest BCUT2D eigenvalue weighted by Gasteiger charge is 2.20. The Hall–Kier alpha value is -2.39. The minimum absolute atomic E-state index is 0.505. The molecule has 108 valence electrons. The third-order valence-electron chi connectivity index (χ3n) is 3.79. The van der Waals surface area contributed by atoms with Gasteiger partial charge in [0.25, 0.3) is 11.8 Å². The Balaban J connectivity index is 1.83. The van der Waals surface area contributed by atoms with E-state index in [9.17, 15) is 0 Å². The first kappa shape index (κ1) is 13.6. The number of hydrogen-bond acceptors (Lipinski definition) is 6. The van der Waals surface area contributed by atoms with Gasteiger partial charge in [-0.1, -0.05) is 0 Å². The van der Waals surface area contributed by atoms with Crippen molar-refractivity contribution in [1.82, 2.24) is 15.0 Å². The zero-order chi connectivity index (χ0) is 14.8. The summed E-state index contributed by atoms with van der Waals surface area (Å²) in [5, 5.41) is 13.0. The summed E-state index contributed by atoms with van der Waals surface area (Å²) in [6, 6.07) is 7.58. The molecule has 0 amide bonds. The second-order valence-electron chi connectivity index (χ2n) is 5.33. The monoisotopic (exact) mass is 283 g/mol. The number of benzene rings is 1. The molecular formula is C15H17N5O. The van der Waals surface area contributed by atoms with Crippen LogP contribution in [0, 0.1) is 18.3 Å². The Morgan fingerprint density at radius 2 is 2.00 bits per heavy atom. The number of piperazine rings is 1. The number of nitrogens with zero attached hydrogens (tertiary/aromatic N) is 5. The molecule has 2 aromatic rings. The maximum atomic E-state index is 8.91. The van der Waals surface area contributed by atoms with E-state index in [0.717, 1.165) is 37.3 Å². The molecule has 0 saturated carbocycles. The first-order chi connectivity index (χ1) is 10.2. The lowest BCUT2D eigenvalue weighted by Crippen LogP contribution is -2.44. The van der Waals surface area contributed by atoms with Crippen LogP contribution in [0.3, 0.4) is 0 Å². The van der Waals surface area contributed by atoms with Gasteiger partial charge in [-0.3, -0.25) is 0 Å². The molecule has 0 atom stereocenters. The molecule has 1 saturated heterocycles. The highest BCUT2D eigenvalue weighted by molar-refractivity contribution is 5.61. The minimum atomic E-state index is 0.505. The zero-order valence-electron chi connectivity index (χ0n) is 12.2. The van der Waals surface area contributed by atoms with Gasteiger partial charge in [0.15, 0.2) is 0 Å². The smallest absolute Gasteiger partial charge is 0.266 e. The van der Waals surface area contributed by atoms with Crippen molar-refractivity contribution < 1.29 is 4.52 Å².